The highest BCUT2D eigenvalue weighted by atomic mass is 16.5. The fraction of sp³-hybridized carbons (Fsp3) is 0.962. The molecule has 0 fully saturated rings. The van der Waals surface area contributed by atoms with Gasteiger partial charge in [0.15, 0.2) is 0 Å². The Hall–Kier alpha value is -0.650. The van der Waals surface area contributed by atoms with Gasteiger partial charge in [-0.3, -0.25) is 4.79 Å². The van der Waals surface area contributed by atoms with Crippen molar-refractivity contribution in [2.24, 2.45) is 10.8 Å². The van der Waals surface area contributed by atoms with E-state index in [2.05, 4.69) is 93.7 Å². The van der Waals surface area contributed by atoms with Crippen LogP contribution in [-0.4, -0.2) is 50.0 Å². The average Bonchev–Trinajstić information content (AvgIpc) is 2.65. The van der Waals surface area contributed by atoms with Crippen molar-refractivity contribution in [1.82, 2.24) is 10.6 Å². The second-order valence-corrected chi connectivity index (χ2v) is 10.7. The molecule has 0 aromatic heterocycles. The molecule has 0 aliphatic heterocycles. The van der Waals surface area contributed by atoms with Gasteiger partial charge in [-0.15, -0.1) is 0 Å². The molecule has 0 aliphatic rings. The standard InChI is InChI=1S/C17H36O2.C7H16N2O.C2H6/c1-13(12-15(5,6)18-11)19-17(9,10)16(7,8)14(2,3)4;1-3-7(9-4-2)5-8-6-10;1-2/h13H,12H2,1-11H3;6-7,9H,3-5H2,1-2H3,(H,8,10);1-2H3. The summed E-state index contributed by atoms with van der Waals surface area (Å²) in [6, 6.07) is 0.426. The zero-order valence-corrected chi connectivity index (χ0v) is 23.8. The molecule has 0 aromatic carbocycles. The molecular weight excluding hydrogens is 388 g/mol. The molecule has 0 saturated carbocycles. The number of hydrogen-bond donors (Lipinski definition) is 2. The fourth-order valence-electron chi connectivity index (χ4n) is 3.21. The maximum absolute atomic E-state index is 9.89. The quantitative estimate of drug-likeness (QED) is 0.350. The van der Waals surface area contributed by atoms with Crippen LogP contribution < -0.4 is 10.6 Å². The maximum Gasteiger partial charge on any atom is 0.207 e. The third-order valence-electron chi connectivity index (χ3n) is 6.64. The molecule has 0 bridgehead atoms. The zero-order chi connectivity index (χ0) is 25.5. The number of amides is 1. The van der Waals surface area contributed by atoms with Gasteiger partial charge in [0, 0.05) is 26.1 Å². The van der Waals surface area contributed by atoms with Gasteiger partial charge in [-0.25, -0.2) is 0 Å². The molecule has 0 aliphatic carbocycles. The fourth-order valence-corrected chi connectivity index (χ4v) is 3.21. The van der Waals surface area contributed by atoms with Crippen LogP contribution in [0.2, 0.25) is 0 Å². The lowest BCUT2D eigenvalue weighted by Gasteiger charge is -2.51. The molecule has 2 unspecified atom stereocenters. The van der Waals surface area contributed by atoms with Crippen LogP contribution in [0.3, 0.4) is 0 Å². The number of ether oxygens (including phenoxy) is 2. The Morgan fingerprint density at radius 2 is 1.42 bits per heavy atom. The molecular formula is C26H58N2O3. The number of nitrogens with one attached hydrogen (secondary N) is 2. The Bertz CT molecular complexity index is 440. The third-order valence-corrected chi connectivity index (χ3v) is 6.64. The van der Waals surface area contributed by atoms with E-state index in [0.29, 0.717) is 6.04 Å². The summed E-state index contributed by atoms with van der Waals surface area (Å²) in [6.07, 6.45) is 2.86. The summed E-state index contributed by atoms with van der Waals surface area (Å²) < 4.78 is 11.9. The predicted molar refractivity (Wildman–Crippen MR) is 137 cm³/mol. The van der Waals surface area contributed by atoms with Crippen LogP contribution in [0.5, 0.6) is 0 Å². The van der Waals surface area contributed by atoms with Crippen molar-refractivity contribution >= 4 is 6.41 Å². The van der Waals surface area contributed by atoms with Gasteiger partial charge in [0.1, 0.15) is 0 Å². The van der Waals surface area contributed by atoms with Gasteiger partial charge in [-0.1, -0.05) is 62.3 Å². The van der Waals surface area contributed by atoms with Crippen LogP contribution in [-0.2, 0) is 14.3 Å². The summed E-state index contributed by atoms with van der Waals surface area (Å²) in [5, 5.41) is 5.89. The number of carbonyl (C=O) groups excluding carboxylic acids is 1. The second kappa shape index (κ2) is 16.0. The van der Waals surface area contributed by atoms with E-state index < -0.39 is 0 Å². The SMILES string of the molecule is CC.CCNC(CC)CNC=O.COC(C)(C)CC(C)OC(C)(C)C(C)(C)C(C)(C)C. The largest absolute Gasteiger partial charge is 0.379 e. The molecule has 0 aromatic rings. The second-order valence-electron chi connectivity index (χ2n) is 10.7. The Morgan fingerprint density at radius 1 is 0.935 bits per heavy atom. The van der Waals surface area contributed by atoms with E-state index in [1.54, 1.807) is 7.11 Å². The first-order valence-corrected chi connectivity index (χ1v) is 12.1. The minimum atomic E-state index is -0.186. The first-order chi connectivity index (χ1) is 14.0. The molecule has 5 nitrogen and oxygen atoms in total. The van der Waals surface area contributed by atoms with Gasteiger partial charge in [-0.05, 0) is 58.4 Å². The van der Waals surface area contributed by atoms with Crippen molar-refractivity contribution in [3.05, 3.63) is 0 Å². The zero-order valence-electron chi connectivity index (χ0n) is 23.8. The van der Waals surface area contributed by atoms with Crippen molar-refractivity contribution in [3.8, 4) is 0 Å². The lowest BCUT2D eigenvalue weighted by Crippen LogP contribution is -2.51. The molecule has 0 rings (SSSR count). The Morgan fingerprint density at radius 3 is 1.74 bits per heavy atom. The first-order valence-electron chi connectivity index (χ1n) is 12.1. The van der Waals surface area contributed by atoms with Gasteiger partial charge in [-0.2, -0.15) is 0 Å². The molecule has 5 heteroatoms. The van der Waals surface area contributed by atoms with E-state index in [4.69, 9.17) is 9.47 Å². The van der Waals surface area contributed by atoms with E-state index in [1.165, 1.54) is 0 Å². The Balaban J connectivity index is -0.000000550. The summed E-state index contributed by atoms with van der Waals surface area (Å²) >= 11 is 0. The maximum atomic E-state index is 9.89. The van der Waals surface area contributed by atoms with Crippen LogP contribution in [0.1, 0.15) is 110 Å². The van der Waals surface area contributed by atoms with Crippen molar-refractivity contribution in [1.29, 1.82) is 0 Å². The van der Waals surface area contributed by atoms with Gasteiger partial charge in [0.05, 0.1) is 17.3 Å². The van der Waals surface area contributed by atoms with E-state index in [9.17, 15) is 4.79 Å². The first kappa shape index (κ1) is 35.0. The molecule has 190 valence electrons. The van der Waals surface area contributed by atoms with Crippen LogP contribution in [0.25, 0.3) is 0 Å². The normalized spacial score (nSPS) is 14.4. The molecule has 31 heavy (non-hydrogen) atoms. The lowest BCUT2D eigenvalue weighted by molar-refractivity contribution is -0.176. The highest BCUT2D eigenvalue weighted by Crippen LogP contribution is 2.48. The average molecular weight is 447 g/mol. The number of rotatable bonds is 12. The van der Waals surface area contributed by atoms with E-state index in [0.717, 1.165) is 32.3 Å². The molecule has 0 spiro atoms. The topological polar surface area (TPSA) is 59.6 Å². The highest BCUT2D eigenvalue weighted by Gasteiger charge is 2.47. The Labute approximate surface area is 195 Å². The number of hydrogen-bond acceptors (Lipinski definition) is 4. The highest BCUT2D eigenvalue weighted by molar-refractivity contribution is 5.45. The molecule has 0 heterocycles. The van der Waals surface area contributed by atoms with Crippen LogP contribution in [0, 0.1) is 10.8 Å². The van der Waals surface area contributed by atoms with Crippen molar-refractivity contribution in [3.63, 3.8) is 0 Å². The molecule has 1 amide bonds. The van der Waals surface area contributed by atoms with Crippen molar-refractivity contribution in [2.45, 2.75) is 133 Å². The van der Waals surface area contributed by atoms with Crippen LogP contribution in [0.15, 0.2) is 0 Å². The molecule has 2 N–H and O–H groups in total. The molecule has 0 radical (unpaired) electrons. The van der Waals surface area contributed by atoms with Crippen molar-refractivity contribution < 1.29 is 14.3 Å². The van der Waals surface area contributed by atoms with Crippen LogP contribution in [0.4, 0.5) is 0 Å². The molecule has 2 atom stereocenters. The third kappa shape index (κ3) is 14.2. The van der Waals surface area contributed by atoms with E-state index in [1.807, 2.05) is 13.8 Å². The Kier molecular flexibility index (Phi) is 18.1. The van der Waals surface area contributed by atoms with Gasteiger partial charge in [0.25, 0.3) is 0 Å². The number of likely N-dealkylation sites (N-methyl/N-ethyl adjacent to an activating group) is 1. The lowest BCUT2D eigenvalue weighted by atomic mass is 9.61. The van der Waals surface area contributed by atoms with Gasteiger partial charge >= 0.3 is 0 Å². The van der Waals surface area contributed by atoms with Crippen LogP contribution >= 0.6 is 0 Å². The number of carbonyl (C=O) groups is 1. The summed E-state index contributed by atoms with van der Waals surface area (Å²) in [7, 11) is 1.76. The van der Waals surface area contributed by atoms with E-state index in [-0.39, 0.29) is 28.1 Å². The van der Waals surface area contributed by atoms with Gasteiger partial charge < -0.3 is 20.1 Å². The van der Waals surface area contributed by atoms with Gasteiger partial charge in [0.2, 0.25) is 6.41 Å². The summed E-state index contributed by atoms with van der Waals surface area (Å²) in [4.78, 5) is 9.89. The summed E-state index contributed by atoms with van der Waals surface area (Å²) in [6.45, 7) is 32.0. The summed E-state index contributed by atoms with van der Waals surface area (Å²) in [5.74, 6) is 0. The molecule has 0 saturated heterocycles. The smallest absolute Gasteiger partial charge is 0.207 e. The van der Waals surface area contributed by atoms with Crippen molar-refractivity contribution in [2.75, 3.05) is 20.2 Å². The number of methoxy groups -OCH3 is 1. The summed E-state index contributed by atoms with van der Waals surface area (Å²) in [5.41, 5.74) is -0.0612. The minimum absolute atomic E-state index is 0.0749. The minimum Gasteiger partial charge on any atom is -0.379 e. The monoisotopic (exact) mass is 446 g/mol. The van der Waals surface area contributed by atoms with E-state index >= 15 is 0 Å². The predicted octanol–water partition coefficient (Wildman–Crippen LogP) is 6.20.